The fraction of sp³-hybridized carbons (Fsp3) is 0.200. The molecule has 31 heavy (non-hydrogen) atoms. The Morgan fingerprint density at radius 2 is 1.87 bits per heavy atom. The third-order valence-electron chi connectivity index (χ3n) is 6.04. The molecule has 1 atom stereocenters. The molecule has 2 aromatic carbocycles. The summed E-state index contributed by atoms with van der Waals surface area (Å²) in [5.41, 5.74) is 5.09. The molecule has 1 aliphatic heterocycles. The fourth-order valence-corrected chi connectivity index (χ4v) is 4.79. The van der Waals surface area contributed by atoms with Gasteiger partial charge in [0.1, 0.15) is 0 Å². The number of methoxy groups -OCH3 is 3. The molecule has 2 aromatic heterocycles. The maximum Gasteiger partial charge on any atom is 0.203 e. The topological polar surface area (TPSA) is 69.3 Å². The summed E-state index contributed by atoms with van der Waals surface area (Å²) in [7, 11) is 4.78. The Kier molecular flexibility index (Phi) is 4.33. The van der Waals surface area contributed by atoms with E-state index in [0.29, 0.717) is 29.4 Å². The van der Waals surface area contributed by atoms with E-state index in [2.05, 4.69) is 29.3 Å². The van der Waals surface area contributed by atoms with Crippen LogP contribution in [0.1, 0.15) is 22.7 Å². The second kappa shape index (κ2) is 7.06. The van der Waals surface area contributed by atoms with Crippen LogP contribution in [0.4, 0.5) is 0 Å². The molecule has 6 heteroatoms. The number of nitrogens with zero attached hydrogens (tertiary/aromatic N) is 3. The zero-order valence-electron chi connectivity index (χ0n) is 17.6. The van der Waals surface area contributed by atoms with Crippen molar-refractivity contribution in [3.05, 3.63) is 71.6 Å². The highest BCUT2D eigenvalue weighted by Crippen LogP contribution is 2.51. The van der Waals surface area contributed by atoms with Crippen LogP contribution in [-0.4, -0.2) is 30.9 Å². The SMILES string of the molecule is C=C(C#N)C1c2c(cc(OC)c(OC)c2OC)Cn2c3ccccc3c3ccnc1c32. The van der Waals surface area contributed by atoms with E-state index in [1.165, 1.54) is 0 Å². The number of fused-ring (bicyclic) bond motifs is 4. The van der Waals surface area contributed by atoms with Crippen molar-refractivity contribution in [1.29, 1.82) is 5.26 Å². The molecule has 0 amide bonds. The minimum Gasteiger partial charge on any atom is -0.493 e. The van der Waals surface area contributed by atoms with Crippen LogP contribution in [0.25, 0.3) is 21.8 Å². The highest BCUT2D eigenvalue weighted by Gasteiger charge is 2.35. The first-order chi connectivity index (χ1) is 15.1. The van der Waals surface area contributed by atoms with E-state index >= 15 is 0 Å². The van der Waals surface area contributed by atoms with E-state index in [1.54, 1.807) is 27.5 Å². The van der Waals surface area contributed by atoms with Gasteiger partial charge in [-0.2, -0.15) is 5.26 Å². The summed E-state index contributed by atoms with van der Waals surface area (Å²) in [4.78, 5) is 4.76. The standard InChI is InChI=1S/C25H21N3O3/c1-14(12-26)20-21-15(11-19(29-2)24(30-3)25(21)31-4)13-28-18-8-6-5-7-16(18)17-9-10-27-22(20)23(17)28/h5-11,20H,1,13H2,2-4H3. The van der Waals surface area contributed by atoms with Gasteiger partial charge in [0.2, 0.25) is 5.75 Å². The van der Waals surface area contributed by atoms with Gasteiger partial charge in [-0.25, -0.2) is 0 Å². The van der Waals surface area contributed by atoms with E-state index in [1.807, 2.05) is 24.3 Å². The van der Waals surface area contributed by atoms with Gasteiger partial charge >= 0.3 is 0 Å². The predicted octanol–water partition coefficient (Wildman–Crippen LogP) is 4.79. The first-order valence-corrected chi connectivity index (χ1v) is 9.91. The monoisotopic (exact) mass is 411 g/mol. The lowest BCUT2D eigenvalue weighted by molar-refractivity contribution is 0.321. The molecule has 0 N–H and O–H groups in total. The summed E-state index contributed by atoms with van der Waals surface area (Å²) in [6.45, 7) is 4.66. The third kappa shape index (κ3) is 2.53. The Morgan fingerprint density at radius 3 is 2.58 bits per heavy atom. The van der Waals surface area contributed by atoms with Crippen molar-refractivity contribution in [1.82, 2.24) is 9.55 Å². The fourth-order valence-electron chi connectivity index (χ4n) is 4.79. The van der Waals surface area contributed by atoms with Gasteiger partial charge in [-0.1, -0.05) is 24.8 Å². The quantitative estimate of drug-likeness (QED) is 0.452. The molecular weight excluding hydrogens is 390 g/mol. The molecule has 0 saturated heterocycles. The number of hydrogen-bond donors (Lipinski definition) is 0. The minimum atomic E-state index is -0.469. The third-order valence-corrected chi connectivity index (χ3v) is 6.04. The van der Waals surface area contributed by atoms with Gasteiger partial charge in [0.05, 0.1) is 44.5 Å². The summed E-state index contributed by atoms with van der Waals surface area (Å²) in [5.74, 6) is 1.13. The van der Waals surface area contributed by atoms with Crippen LogP contribution in [0.15, 0.2) is 54.7 Å². The number of para-hydroxylation sites is 1. The molecule has 0 fully saturated rings. The van der Waals surface area contributed by atoms with Gasteiger partial charge in [0.15, 0.2) is 11.5 Å². The lowest BCUT2D eigenvalue weighted by Crippen LogP contribution is -2.11. The molecule has 0 saturated carbocycles. The summed E-state index contributed by atoms with van der Waals surface area (Å²) in [6.07, 6.45) is 1.80. The Labute approximate surface area is 179 Å². The molecule has 0 aliphatic carbocycles. The molecule has 5 rings (SSSR count). The minimum absolute atomic E-state index is 0.394. The molecule has 3 heterocycles. The predicted molar refractivity (Wildman–Crippen MR) is 119 cm³/mol. The van der Waals surface area contributed by atoms with Crippen molar-refractivity contribution >= 4 is 21.8 Å². The van der Waals surface area contributed by atoms with E-state index in [9.17, 15) is 5.26 Å². The highest BCUT2D eigenvalue weighted by molar-refractivity contribution is 6.09. The Bertz CT molecular complexity index is 1410. The second-order valence-corrected chi connectivity index (χ2v) is 7.48. The molecule has 0 radical (unpaired) electrons. The number of hydrogen-bond acceptors (Lipinski definition) is 5. The van der Waals surface area contributed by atoms with E-state index in [0.717, 1.165) is 38.6 Å². The smallest absolute Gasteiger partial charge is 0.203 e. The van der Waals surface area contributed by atoms with E-state index in [-0.39, 0.29) is 0 Å². The second-order valence-electron chi connectivity index (χ2n) is 7.48. The zero-order chi connectivity index (χ0) is 21.7. The van der Waals surface area contributed by atoms with Crippen LogP contribution >= 0.6 is 0 Å². The molecule has 0 spiro atoms. The Balaban J connectivity index is 1.98. The van der Waals surface area contributed by atoms with Crippen LogP contribution in [0, 0.1) is 11.3 Å². The van der Waals surface area contributed by atoms with Gasteiger partial charge in [0.25, 0.3) is 0 Å². The van der Waals surface area contributed by atoms with Crippen molar-refractivity contribution in [3.63, 3.8) is 0 Å². The number of nitriles is 1. The summed E-state index contributed by atoms with van der Waals surface area (Å²) >= 11 is 0. The van der Waals surface area contributed by atoms with Crippen molar-refractivity contribution in [2.24, 2.45) is 0 Å². The molecular formula is C25H21N3O3. The molecule has 4 aromatic rings. The largest absolute Gasteiger partial charge is 0.493 e. The molecule has 154 valence electrons. The van der Waals surface area contributed by atoms with Gasteiger partial charge in [-0.05, 0) is 23.8 Å². The molecule has 6 nitrogen and oxygen atoms in total. The van der Waals surface area contributed by atoms with Crippen LogP contribution in [0.5, 0.6) is 17.2 Å². The average molecular weight is 411 g/mol. The molecule has 0 bridgehead atoms. The van der Waals surface area contributed by atoms with Gasteiger partial charge in [-0.3, -0.25) is 4.98 Å². The van der Waals surface area contributed by atoms with Gasteiger partial charge in [-0.15, -0.1) is 0 Å². The van der Waals surface area contributed by atoms with Crippen LogP contribution in [0.3, 0.4) is 0 Å². The number of aromatic nitrogens is 2. The normalized spacial score (nSPS) is 14.6. The number of rotatable bonds is 4. The Morgan fingerprint density at radius 1 is 1.10 bits per heavy atom. The maximum atomic E-state index is 9.86. The number of pyridine rings is 1. The van der Waals surface area contributed by atoms with Crippen molar-refractivity contribution in [2.45, 2.75) is 12.5 Å². The van der Waals surface area contributed by atoms with E-state index in [4.69, 9.17) is 19.2 Å². The van der Waals surface area contributed by atoms with Crippen LogP contribution in [-0.2, 0) is 6.54 Å². The van der Waals surface area contributed by atoms with Crippen molar-refractivity contribution in [2.75, 3.05) is 21.3 Å². The first kappa shape index (κ1) is 19.0. The maximum absolute atomic E-state index is 9.86. The van der Waals surface area contributed by atoms with Crippen molar-refractivity contribution < 1.29 is 14.2 Å². The van der Waals surface area contributed by atoms with Gasteiger partial charge < -0.3 is 18.8 Å². The summed E-state index contributed by atoms with van der Waals surface area (Å²) in [6, 6.07) is 14.5. The first-order valence-electron chi connectivity index (χ1n) is 9.91. The molecule has 1 unspecified atom stereocenters. The number of benzene rings is 2. The summed E-state index contributed by atoms with van der Waals surface area (Å²) < 4.78 is 19.3. The number of allylic oxidation sites excluding steroid dienone is 1. The van der Waals surface area contributed by atoms with Crippen LogP contribution < -0.4 is 14.2 Å². The lowest BCUT2D eigenvalue weighted by Gasteiger charge is -2.23. The molecule has 1 aliphatic rings. The lowest BCUT2D eigenvalue weighted by atomic mass is 9.85. The number of ether oxygens (including phenoxy) is 3. The van der Waals surface area contributed by atoms with E-state index < -0.39 is 5.92 Å². The Hall–Kier alpha value is -3.98. The average Bonchev–Trinajstić information content (AvgIpc) is 3.04. The van der Waals surface area contributed by atoms with Crippen LogP contribution in [0.2, 0.25) is 0 Å². The van der Waals surface area contributed by atoms with Crippen molar-refractivity contribution in [3.8, 4) is 23.3 Å². The van der Waals surface area contributed by atoms with Gasteiger partial charge in [0, 0.05) is 40.2 Å². The zero-order valence-corrected chi connectivity index (χ0v) is 17.6. The summed E-state index contributed by atoms with van der Waals surface area (Å²) in [5, 5.41) is 12.1. The highest BCUT2D eigenvalue weighted by atomic mass is 16.5.